The normalized spacial score (nSPS) is 11.8. The molecule has 208 valence electrons. The summed E-state index contributed by atoms with van der Waals surface area (Å²) in [6.45, 7) is 8.62. The van der Waals surface area contributed by atoms with Gasteiger partial charge in [-0.1, -0.05) is 81.9 Å². The molecule has 0 heterocycles. The molecule has 41 heavy (non-hydrogen) atoms. The Morgan fingerprint density at radius 1 is 0.537 bits per heavy atom. The van der Waals surface area contributed by atoms with Crippen molar-refractivity contribution >= 4 is 49.6 Å². The monoisotopic (exact) mass is 744 g/mol. The maximum atomic E-state index is 2.26. The van der Waals surface area contributed by atoms with Gasteiger partial charge in [-0.25, -0.2) is 0 Å². The zero-order valence-electron chi connectivity index (χ0n) is 24.3. The number of rotatable bonds is 2. The van der Waals surface area contributed by atoms with Gasteiger partial charge >= 0.3 is 46.4 Å². The zero-order valence-corrected chi connectivity index (χ0v) is 29.6. The summed E-state index contributed by atoms with van der Waals surface area (Å²) in [4.78, 5) is 0. The second kappa shape index (κ2) is 15.1. The first-order valence-electron chi connectivity index (χ1n) is 13.9. The van der Waals surface area contributed by atoms with E-state index in [-0.39, 0.29) is 24.8 Å². The van der Waals surface area contributed by atoms with E-state index < -0.39 is 0 Å². The fourth-order valence-electron chi connectivity index (χ4n) is 5.44. The van der Waals surface area contributed by atoms with Crippen LogP contribution in [0.1, 0.15) is 41.5 Å². The molecule has 7 rings (SSSR count). The Kier molecular flexibility index (Phi) is 12.1. The number of hydrogen-bond donors (Lipinski definition) is 0. The number of halogens is 2. The van der Waals surface area contributed by atoms with E-state index in [9.17, 15) is 0 Å². The van der Waals surface area contributed by atoms with Crippen molar-refractivity contribution in [1.29, 1.82) is 0 Å². The third-order valence-electron chi connectivity index (χ3n) is 7.38. The quantitative estimate of drug-likeness (QED) is 0.122. The van der Waals surface area contributed by atoms with E-state index >= 15 is 0 Å². The minimum absolute atomic E-state index is 0. The molecule has 0 spiro atoms. The van der Waals surface area contributed by atoms with Crippen LogP contribution in [0, 0.1) is 27.7 Å². The van der Waals surface area contributed by atoms with Gasteiger partial charge < -0.3 is 0 Å². The summed E-state index contributed by atoms with van der Waals surface area (Å²) in [5.74, 6) is 0. The van der Waals surface area contributed by atoms with Gasteiger partial charge in [0.25, 0.3) is 0 Å². The molecule has 0 amide bonds. The van der Waals surface area contributed by atoms with Crippen LogP contribution < -0.4 is 0 Å². The summed E-state index contributed by atoms with van der Waals surface area (Å²) < 4.78 is 1.82. The van der Waals surface area contributed by atoms with Crippen molar-refractivity contribution in [3.8, 4) is 22.3 Å². The molecule has 1 aliphatic rings. The first-order chi connectivity index (χ1) is 18.9. The molecule has 3 heteroatoms. The summed E-state index contributed by atoms with van der Waals surface area (Å²) in [7, 11) is 0. The van der Waals surface area contributed by atoms with Crippen LogP contribution in [0.3, 0.4) is 0 Å². The van der Waals surface area contributed by atoms with E-state index in [0.717, 1.165) is 0 Å². The van der Waals surface area contributed by atoms with Crippen molar-refractivity contribution in [2.24, 2.45) is 0 Å². The fourth-order valence-corrected chi connectivity index (χ4v) is 6.71. The van der Waals surface area contributed by atoms with Crippen molar-refractivity contribution in [3.63, 3.8) is 0 Å². The van der Waals surface area contributed by atoms with Crippen LogP contribution in [0.15, 0.2) is 109 Å². The molecule has 0 unspecified atom stereocenters. The van der Waals surface area contributed by atoms with Gasteiger partial charge in [0.1, 0.15) is 0 Å². The predicted molar refractivity (Wildman–Crippen MR) is 182 cm³/mol. The standard InChI is InChI=1S/2C17H15.C4H6.2ClH.Hf/c2*1-12-9-13(2)11-15(10-12)17-8-4-6-14-5-3-7-16(14)17;1-2-4-3-1;;;/h2*3-11H,1-2H3;1-3H2;2*1H;/q2*-1;;;;+2. The molecule has 0 saturated heterocycles. The van der Waals surface area contributed by atoms with Crippen LogP contribution in [0.25, 0.3) is 43.8 Å². The van der Waals surface area contributed by atoms with E-state index in [0.29, 0.717) is 0 Å². The van der Waals surface area contributed by atoms with E-state index in [1.54, 1.807) is 0 Å². The molecule has 0 radical (unpaired) electrons. The Morgan fingerprint density at radius 3 is 1.22 bits per heavy atom. The van der Waals surface area contributed by atoms with Gasteiger partial charge in [0.2, 0.25) is 0 Å². The summed E-state index contributed by atoms with van der Waals surface area (Å²) >= 11 is 1.37. The fraction of sp³-hybridized carbons (Fsp3) is 0.184. The van der Waals surface area contributed by atoms with E-state index in [1.165, 1.54) is 109 Å². The molecule has 6 aromatic carbocycles. The number of benzene rings is 4. The summed E-state index contributed by atoms with van der Waals surface area (Å²) in [6.07, 6.45) is 4.41. The third-order valence-corrected chi connectivity index (χ3v) is 9.18. The van der Waals surface area contributed by atoms with E-state index in [2.05, 4.69) is 137 Å². The summed E-state index contributed by atoms with van der Waals surface area (Å²) in [6, 6.07) is 39.5. The van der Waals surface area contributed by atoms with E-state index in [1.807, 2.05) is 3.26 Å². The molecular weight excluding hydrogens is 706 g/mol. The Labute approximate surface area is 272 Å². The van der Waals surface area contributed by atoms with Gasteiger partial charge in [-0.15, -0.1) is 82.8 Å². The van der Waals surface area contributed by atoms with Gasteiger partial charge in [-0.3, -0.25) is 0 Å². The maximum absolute atomic E-state index is 2.26. The zero-order chi connectivity index (χ0) is 27.4. The number of fused-ring (bicyclic) bond motifs is 2. The third kappa shape index (κ3) is 8.25. The van der Waals surface area contributed by atoms with Crippen molar-refractivity contribution in [1.82, 2.24) is 0 Å². The molecule has 6 aromatic rings. The average molecular weight is 744 g/mol. The van der Waals surface area contributed by atoms with Crippen LogP contribution in [0.2, 0.25) is 0 Å². The summed E-state index contributed by atoms with van der Waals surface area (Å²) in [5.41, 5.74) is 10.6. The molecule has 0 atom stereocenters. The Bertz CT molecular complexity index is 1580. The van der Waals surface area contributed by atoms with Gasteiger partial charge in [-0.05, 0) is 38.8 Å². The Morgan fingerprint density at radius 2 is 0.902 bits per heavy atom. The van der Waals surface area contributed by atoms with Crippen molar-refractivity contribution in [2.75, 3.05) is 0 Å². The van der Waals surface area contributed by atoms with Crippen LogP contribution in [0.5, 0.6) is 0 Å². The van der Waals surface area contributed by atoms with Crippen molar-refractivity contribution in [2.45, 2.75) is 47.0 Å². The van der Waals surface area contributed by atoms with Crippen molar-refractivity contribution < 1.29 is 23.9 Å². The molecule has 0 aliphatic heterocycles. The number of hydrogen-bond acceptors (Lipinski definition) is 0. The van der Waals surface area contributed by atoms with Crippen LogP contribution in [-0.4, -0.2) is 3.26 Å². The summed E-state index contributed by atoms with van der Waals surface area (Å²) in [5, 5.41) is 5.33. The average Bonchev–Trinajstić information content (AvgIpc) is 3.56. The van der Waals surface area contributed by atoms with Crippen LogP contribution in [0.4, 0.5) is 0 Å². The predicted octanol–water partition coefficient (Wildman–Crippen LogP) is 11.4. The Balaban J connectivity index is 0.000000185. The van der Waals surface area contributed by atoms with Crippen LogP contribution in [-0.2, 0) is 23.9 Å². The molecule has 0 N–H and O–H groups in total. The Hall–Kier alpha value is -2.58. The SMILES string of the molecule is Cc1cc(C)cc(-c2cccc3[cH-]ccc23)c1.Cc1cc(C)cc(-c2cccc3[cH-]ccc23)c1.Cl.Cl.[Hf+2]=[C]1CCC1. The molecule has 1 fully saturated rings. The second-order valence-corrected chi connectivity index (χ2v) is 13.4. The molecule has 0 aromatic heterocycles. The van der Waals surface area contributed by atoms with E-state index in [4.69, 9.17) is 0 Å². The molecule has 0 nitrogen and oxygen atoms in total. The molecule has 0 bridgehead atoms. The first-order valence-corrected chi connectivity index (χ1v) is 15.7. The number of aryl methyl sites for hydroxylation is 4. The first kappa shape index (κ1) is 32.9. The molecule has 1 aliphatic carbocycles. The van der Waals surface area contributed by atoms with Gasteiger partial charge in [0, 0.05) is 0 Å². The minimum atomic E-state index is 0. The van der Waals surface area contributed by atoms with Gasteiger partial charge in [-0.2, -0.15) is 24.3 Å². The van der Waals surface area contributed by atoms with Crippen molar-refractivity contribution in [3.05, 3.63) is 131 Å². The molecular formula is C38H38Cl2Hf. The topological polar surface area (TPSA) is 0 Å². The second-order valence-electron chi connectivity index (χ2n) is 10.9. The van der Waals surface area contributed by atoms with Crippen LogP contribution >= 0.6 is 24.8 Å². The van der Waals surface area contributed by atoms with Gasteiger partial charge in [0.05, 0.1) is 0 Å². The van der Waals surface area contributed by atoms with Gasteiger partial charge in [0.15, 0.2) is 0 Å². The molecule has 1 saturated carbocycles.